The van der Waals surface area contributed by atoms with Crippen molar-refractivity contribution in [2.24, 2.45) is 11.3 Å². The highest BCUT2D eigenvalue weighted by molar-refractivity contribution is 5.98. The zero-order chi connectivity index (χ0) is 14.8. The highest BCUT2D eigenvalue weighted by Crippen LogP contribution is 2.46. The first-order valence-corrected chi connectivity index (χ1v) is 7.79. The van der Waals surface area contributed by atoms with Crippen LogP contribution in [0.15, 0.2) is 12.2 Å². The Morgan fingerprint density at radius 1 is 1.40 bits per heavy atom. The summed E-state index contributed by atoms with van der Waals surface area (Å²) in [7, 11) is 3.52. The van der Waals surface area contributed by atoms with Gasteiger partial charge in [0.25, 0.3) is 0 Å². The third-order valence-corrected chi connectivity index (χ3v) is 5.48. The lowest BCUT2D eigenvalue weighted by Gasteiger charge is -2.44. The van der Waals surface area contributed by atoms with Crippen molar-refractivity contribution >= 4 is 5.78 Å². The third-order valence-electron chi connectivity index (χ3n) is 5.48. The van der Waals surface area contributed by atoms with Crippen LogP contribution < -0.4 is 0 Å². The van der Waals surface area contributed by atoms with Gasteiger partial charge in [-0.05, 0) is 36.7 Å². The first kappa shape index (κ1) is 15.7. The van der Waals surface area contributed by atoms with Crippen LogP contribution in [0.3, 0.4) is 0 Å². The number of ether oxygens (including phenoxy) is 2. The minimum Gasteiger partial charge on any atom is -0.381 e. The van der Waals surface area contributed by atoms with E-state index in [2.05, 4.69) is 13.5 Å². The van der Waals surface area contributed by atoms with Crippen LogP contribution in [0.5, 0.6) is 0 Å². The number of methoxy groups -OCH3 is 2. The van der Waals surface area contributed by atoms with Gasteiger partial charge in [-0.3, -0.25) is 4.79 Å². The summed E-state index contributed by atoms with van der Waals surface area (Å²) in [5.74, 6) is 0.385. The molecule has 0 N–H and O–H groups in total. The van der Waals surface area contributed by atoms with Gasteiger partial charge >= 0.3 is 0 Å². The van der Waals surface area contributed by atoms with E-state index in [1.807, 2.05) is 7.11 Å². The second kappa shape index (κ2) is 6.40. The first-order valence-electron chi connectivity index (χ1n) is 7.79. The maximum Gasteiger partial charge on any atom is 0.161 e. The van der Waals surface area contributed by atoms with Gasteiger partial charge in [0.15, 0.2) is 5.78 Å². The Bertz CT molecular complexity index is 370. The molecule has 0 bridgehead atoms. The summed E-state index contributed by atoms with van der Waals surface area (Å²) in [6.07, 6.45) is 7.91. The number of hydrogen-bond donors (Lipinski definition) is 0. The second-order valence-corrected chi connectivity index (χ2v) is 6.70. The van der Waals surface area contributed by atoms with Crippen molar-refractivity contribution in [2.45, 2.75) is 64.1 Å². The number of carbonyl (C=O) groups is 1. The number of Topliss-reactive ketones (excluding diaryl/α,β-unsaturated/α-hetero) is 1. The number of ketones is 1. The minimum atomic E-state index is 0.0373. The van der Waals surface area contributed by atoms with E-state index in [-0.39, 0.29) is 17.8 Å². The molecule has 0 spiro atoms. The smallest absolute Gasteiger partial charge is 0.161 e. The first-order chi connectivity index (χ1) is 9.51. The van der Waals surface area contributed by atoms with Crippen molar-refractivity contribution in [1.29, 1.82) is 0 Å². The van der Waals surface area contributed by atoms with Gasteiger partial charge in [0.05, 0.1) is 12.2 Å². The van der Waals surface area contributed by atoms with Crippen LogP contribution in [0, 0.1) is 11.3 Å². The molecule has 3 atom stereocenters. The van der Waals surface area contributed by atoms with Crippen molar-refractivity contribution < 1.29 is 14.3 Å². The Morgan fingerprint density at radius 2 is 2.10 bits per heavy atom. The van der Waals surface area contributed by atoms with Gasteiger partial charge in [-0.15, -0.1) is 0 Å². The summed E-state index contributed by atoms with van der Waals surface area (Å²) in [6.45, 7) is 6.28. The van der Waals surface area contributed by atoms with Crippen LogP contribution in [-0.2, 0) is 14.3 Å². The monoisotopic (exact) mass is 280 g/mol. The highest BCUT2D eigenvalue weighted by Gasteiger charge is 2.40. The molecule has 3 heteroatoms. The van der Waals surface area contributed by atoms with Gasteiger partial charge in [0.1, 0.15) is 0 Å². The lowest BCUT2D eigenvalue weighted by Crippen LogP contribution is -2.39. The molecule has 0 radical (unpaired) electrons. The Kier molecular flexibility index (Phi) is 5.03. The maximum absolute atomic E-state index is 11.7. The summed E-state index contributed by atoms with van der Waals surface area (Å²) in [5.41, 5.74) is 1.14. The Hall–Kier alpha value is -0.670. The molecule has 0 aromatic heterocycles. The molecule has 0 heterocycles. The lowest BCUT2D eigenvalue weighted by atomic mass is 9.65. The molecule has 0 aliphatic heterocycles. The largest absolute Gasteiger partial charge is 0.381 e. The van der Waals surface area contributed by atoms with E-state index in [1.165, 1.54) is 19.3 Å². The number of hydrogen-bond acceptors (Lipinski definition) is 3. The predicted octanol–water partition coefficient (Wildman–Crippen LogP) is 3.52. The fourth-order valence-electron chi connectivity index (χ4n) is 3.83. The molecule has 114 valence electrons. The standard InChI is InChI=1S/C17H28O3/c1-12-13(15(19-3)11-14(12)18)7-5-8-16(20-4)17(2)9-6-10-17/h13,15-16H,1,5-11H2,2-4H3/t13-,15?,16?/m1/s1. The fourth-order valence-corrected chi connectivity index (χ4v) is 3.83. The van der Waals surface area contributed by atoms with Crippen LogP contribution in [0.2, 0.25) is 0 Å². The molecular formula is C17H28O3. The SMILES string of the molecule is C=C1C(=O)CC(OC)[C@@H]1CCCC(OC)C1(C)CCC1. The summed E-state index contributed by atoms with van der Waals surface area (Å²) < 4.78 is 11.1. The van der Waals surface area contributed by atoms with Gasteiger partial charge in [0, 0.05) is 26.6 Å². The highest BCUT2D eigenvalue weighted by atomic mass is 16.5. The van der Waals surface area contributed by atoms with Gasteiger partial charge in [-0.1, -0.05) is 26.3 Å². The molecule has 3 nitrogen and oxygen atoms in total. The van der Waals surface area contributed by atoms with E-state index < -0.39 is 0 Å². The summed E-state index contributed by atoms with van der Waals surface area (Å²) in [4.78, 5) is 11.7. The number of carbonyl (C=O) groups excluding carboxylic acids is 1. The lowest BCUT2D eigenvalue weighted by molar-refractivity contribution is -0.115. The van der Waals surface area contributed by atoms with Crippen molar-refractivity contribution in [3.8, 4) is 0 Å². The predicted molar refractivity (Wildman–Crippen MR) is 79.7 cm³/mol. The van der Waals surface area contributed by atoms with Crippen molar-refractivity contribution in [3.05, 3.63) is 12.2 Å². The van der Waals surface area contributed by atoms with Crippen molar-refractivity contribution in [3.63, 3.8) is 0 Å². The average molecular weight is 280 g/mol. The van der Waals surface area contributed by atoms with Crippen LogP contribution in [0.25, 0.3) is 0 Å². The van der Waals surface area contributed by atoms with E-state index in [0.29, 0.717) is 17.9 Å². The third kappa shape index (κ3) is 2.99. The summed E-state index contributed by atoms with van der Waals surface area (Å²) >= 11 is 0. The van der Waals surface area contributed by atoms with Gasteiger partial charge < -0.3 is 9.47 Å². The van der Waals surface area contributed by atoms with Gasteiger partial charge in [0.2, 0.25) is 0 Å². The molecule has 2 aliphatic carbocycles. The van der Waals surface area contributed by atoms with Crippen molar-refractivity contribution in [1.82, 2.24) is 0 Å². The molecule has 0 amide bonds. The van der Waals surface area contributed by atoms with E-state index in [1.54, 1.807) is 7.11 Å². The Balaban J connectivity index is 1.82. The van der Waals surface area contributed by atoms with E-state index in [4.69, 9.17) is 9.47 Å². The zero-order valence-corrected chi connectivity index (χ0v) is 13.1. The van der Waals surface area contributed by atoms with Gasteiger partial charge in [-0.2, -0.15) is 0 Å². The average Bonchev–Trinajstić information content (AvgIpc) is 2.68. The molecule has 2 unspecified atom stereocenters. The Labute approximate surface area is 122 Å². The van der Waals surface area contributed by atoms with Crippen LogP contribution in [0.4, 0.5) is 0 Å². The molecule has 0 aromatic carbocycles. The summed E-state index contributed by atoms with van der Waals surface area (Å²) in [6, 6.07) is 0. The molecule has 20 heavy (non-hydrogen) atoms. The summed E-state index contributed by atoms with van der Waals surface area (Å²) in [5, 5.41) is 0. The molecule has 0 aromatic rings. The topological polar surface area (TPSA) is 35.5 Å². The molecule has 2 aliphatic rings. The van der Waals surface area contributed by atoms with E-state index in [9.17, 15) is 4.79 Å². The van der Waals surface area contributed by atoms with E-state index >= 15 is 0 Å². The second-order valence-electron chi connectivity index (χ2n) is 6.70. The molecule has 0 saturated heterocycles. The van der Waals surface area contributed by atoms with E-state index in [0.717, 1.165) is 24.8 Å². The molecular weight excluding hydrogens is 252 g/mol. The maximum atomic E-state index is 11.7. The zero-order valence-electron chi connectivity index (χ0n) is 13.1. The minimum absolute atomic E-state index is 0.0373. The fraction of sp³-hybridized carbons (Fsp3) is 0.824. The van der Waals surface area contributed by atoms with Crippen LogP contribution in [0.1, 0.15) is 51.9 Å². The Morgan fingerprint density at radius 3 is 2.60 bits per heavy atom. The quantitative estimate of drug-likeness (QED) is 0.669. The molecule has 2 rings (SSSR count). The number of rotatable bonds is 7. The normalized spacial score (nSPS) is 30.4. The van der Waals surface area contributed by atoms with Crippen molar-refractivity contribution in [2.75, 3.05) is 14.2 Å². The van der Waals surface area contributed by atoms with Gasteiger partial charge in [-0.25, -0.2) is 0 Å². The molecule has 2 saturated carbocycles. The molecule has 2 fully saturated rings. The van der Waals surface area contributed by atoms with Crippen LogP contribution in [-0.4, -0.2) is 32.2 Å². The van der Waals surface area contributed by atoms with Crippen LogP contribution >= 0.6 is 0 Å².